The normalized spacial score (nSPS) is 15.1. The number of amides is 2. The molecule has 0 unspecified atom stereocenters. The Labute approximate surface area is 186 Å². The number of para-hydroxylation sites is 1. The van der Waals surface area contributed by atoms with Gasteiger partial charge in [0, 0.05) is 24.2 Å². The van der Waals surface area contributed by atoms with Gasteiger partial charge in [-0.2, -0.15) is 0 Å². The highest BCUT2D eigenvalue weighted by atomic mass is 32.2. The van der Waals surface area contributed by atoms with Crippen LogP contribution in [0.4, 0.5) is 5.69 Å². The third kappa shape index (κ3) is 5.93. The number of carbonyl (C=O) groups is 2. The van der Waals surface area contributed by atoms with Gasteiger partial charge in [-0.15, -0.1) is 0 Å². The lowest BCUT2D eigenvalue weighted by Crippen LogP contribution is -2.29. The zero-order valence-corrected chi connectivity index (χ0v) is 18.4. The molecule has 0 radical (unpaired) electrons. The standard InChI is InChI=1S/C23H24N2O3S2/c1-16-10-12-18(13-11-16)24-21(27)9-3-2-6-14-25-22(28)20(30-23(25)29)15-17-7-4-5-8-19(17)26/h4-5,7-8,10-13,15,26H,2-3,6,9,14H2,1H3,(H,24,27)/b20-15-. The predicted molar refractivity (Wildman–Crippen MR) is 126 cm³/mol. The summed E-state index contributed by atoms with van der Waals surface area (Å²) in [6.45, 7) is 2.54. The van der Waals surface area contributed by atoms with Crippen LogP contribution in [0.1, 0.15) is 36.8 Å². The lowest BCUT2D eigenvalue weighted by atomic mass is 10.1. The number of rotatable bonds is 8. The zero-order valence-electron chi connectivity index (χ0n) is 16.8. The fraction of sp³-hybridized carbons (Fsp3) is 0.261. The van der Waals surface area contributed by atoms with Crippen molar-refractivity contribution in [2.24, 2.45) is 0 Å². The quantitative estimate of drug-likeness (QED) is 0.339. The number of carbonyl (C=O) groups excluding carboxylic acids is 2. The number of unbranched alkanes of at least 4 members (excludes halogenated alkanes) is 2. The first kappa shape index (κ1) is 22.1. The van der Waals surface area contributed by atoms with Gasteiger partial charge >= 0.3 is 0 Å². The Morgan fingerprint density at radius 1 is 1.13 bits per heavy atom. The summed E-state index contributed by atoms with van der Waals surface area (Å²) in [6, 6.07) is 14.6. The van der Waals surface area contributed by atoms with Crippen LogP contribution in [0.3, 0.4) is 0 Å². The number of phenolic OH excluding ortho intramolecular Hbond substituents is 1. The average Bonchev–Trinajstić information content (AvgIpc) is 2.98. The largest absolute Gasteiger partial charge is 0.507 e. The Morgan fingerprint density at radius 2 is 1.87 bits per heavy atom. The van der Waals surface area contributed by atoms with E-state index in [0.717, 1.165) is 30.5 Å². The monoisotopic (exact) mass is 440 g/mol. The van der Waals surface area contributed by atoms with E-state index in [0.29, 0.717) is 27.8 Å². The molecule has 5 nitrogen and oxygen atoms in total. The third-order valence-corrected chi connectivity index (χ3v) is 6.10. The van der Waals surface area contributed by atoms with Crippen molar-refractivity contribution in [2.75, 3.05) is 11.9 Å². The molecule has 3 rings (SSSR count). The van der Waals surface area contributed by atoms with Crippen LogP contribution in [-0.4, -0.2) is 32.7 Å². The molecule has 0 saturated carbocycles. The van der Waals surface area contributed by atoms with Gasteiger partial charge in [0.25, 0.3) is 5.91 Å². The van der Waals surface area contributed by atoms with Crippen LogP contribution in [0.2, 0.25) is 0 Å². The van der Waals surface area contributed by atoms with Crippen LogP contribution in [0.15, 0.2) is 53.4 Å². The molecular formula is C23H24N2O3S2. The second kappa shape index (κ2) is 10.4. The van der Waals surface area contributed by atoms with Gasteiger partial charge < -0.3 is 10.4 Å². The van der Waals surface area contributed by atoms with Gasteiger partial charge in [0.1, 0.15) is 10.1 Å². The van der Waals surface area contributed by atoms with Gasteiger partial charge in [-0.05, 0) is 44.0 Å². The molecule has 1 aliphatic rings. The number of anilines is 1. The Kier molecular flexibility index (Phi) is 7.65. The molecule has 2 amide bonds. The van der Waals surface area contributed by atoms with Crippen molar-refractivity contribution in [1.82, 2.24) is 4.90 Å². The Balaban J connectivity index is 1.42. The smallest absolute Gasteiger partial charge is 0.266 e. The summed E-state index contributed by atoms with van der Waals surface area (Å²) in [5.41, 5.74) is 2.55. The fourth-order valence-corrected chi connectivity index (χ4v) is 4.34. The summed E-state index contributed by atoms with van der Waals surface area (Å²) >= 11 is 6.60. The van der Waals surface area contributed by atoms with Crippen LogP contribution < -0.4 is 5.32 Å². The molecule has 30 heavy (non-hydrogen) atoms. The molecule has 0 aromatic heterocycles. The van der Waals surface area contributed by atoms with E-state index in [2.05, 4.69) is 5.32 Å². The maximum absolute atomic E-state index is 12.6. The molecule has 0 aliphatic carbocycles. The van der Waals surface area contributed by atoms with E-state index in [9.17, 15) is 14.7 Å². The molecule has 0 bridgehead atoms. The number of nitrogens with zero attached hydrogens (tertiary/aromatic N) is 1. The van der Waals surface area contributed by atoms with E-state index in [1.807, 2.05) is 31.2 Å². The van der Waals surface area contributed by atoms with E-state index in [1.165, 1.54) is 11.8 Å². The first-order valence-corrected chi connectivity index (χ1v) is 11.1. The van der Waals surface area contributed by atoms with Crippen molar-refractivity contribution in [3.63, 3.8) is 0 Å². The lowest BCUT2D eigenvalue weighted by molar-refractivity contribution is -0.122. The Hall–Kier alpha value is -2.64. The summed E-state index contributed by atoms with van der Waals surface area (Å²) < 4.78 is 0.527. The topological polar surface area (TPSA) is 69.6 Å². The molecule has 0 atom stereocenters. The van der Waals surface area contributed by atoms with Crippen LogP contribution in [0, 0.1) is 6.92 Å². The van der Waals surface area contributed by atoms with Crippen LogP contribution in [0.25, 0.3) is 6.08 Å². The lowest BCUT2D eigenvalue weighted by Gasteiger charge is -2.14. The van der Waals surface area contributed by atoms with E-state index in [4.69, 9.17) is 12.2 Å². The van der Waals surface area contributed by atoms with E-state index < -0.39 is 0 Å². The van der Waals surface area contributed by atoms with Crippen molar-refractivity contribution in [1.29, 1.82) is 0 Å². The molecule has 156 valence electrons. The number of aromatic hydroxyl groups is 1. The van der Waals surface area contributed by atoms with Gasteiger partial charge in [0.2, 0.25) is 5.91 Å². The molecule has 1 saturated heterocycles. The molecule has 2 N–H and O–H groups in total. The van der Waals surface area contributed by atoms with Crippen molar-refractivity contribution in [3.8, 4) is 5.75 Å². The van der Waals surface area contributed by atoms with Crippen molar-refractivity contribution in [3.05, 3.63) is 64.6 Å². The number of nitrogens with one attached hydrogen (secondary N) is 1. The maximum Gasteiger partial charge on any atom is 0.266 e. The predicted octanol–water partition coefficient (Wildman–Crippen LogP) is 5.10. The number of thioether (sulfide) groups is 1. The van der Waals surface area contributed by atoms with E-state index >= 15 is 0 Å². The minimum absolute atomic E-state index is 0.00457. The third-order valence-electron chi connectivity index (χ3n) is 4.72. The molecule has 1 heterocycles. The SMILES string of the molecule is Cc1ccc(NC(=O)CCCCCN2C(=O)/C(=C/c3ccccc3O)SC2=S)cc1. The maximum atomic E-state index is 12.6. The van der Waals surface area contributed by atoms with Gasteiger partial charge in [-0.25, -0.2) is 0 Å². The number of hydrogen-bond donors (Lipinski definition) is 2. The summed E-state index contributed by atoms with van der Waals surface area (Å²) in [7, 11) is 0. The highest BCUT2D eigenvalue weighted by Crippen LogP contribution is 2.34. The summed E-state index contributed by atoms with van der Waals surface area (Å²) in [4.78, 5) is 26.8. The minimum atomic E-state index is -0.134. The van der Waals surface area contributed by atoms with Gasteiger partial charge in [0.15, 0.2) is 0 Å². The van der Waals surface area contributed by atoms with Crippen LogP contribution >= 0.6 is 24.0 Å². The average molecular weight is 441 g/mol. The summed E-state index contributed by atoms with van der Waals surface area (Å²) in [5.74, 6) is -0.00730. The number of phenols is 1. The van der Waals surface area contributed by atoms with Gasteiger partial charge in [0.05, 0.1) is 4.91 Å². The molecule has 2 aromatic carbocycles. The minimum Gasteiger partial charge on any atom is -0.507 e. The number of aryl methyl sites for hydroxylation is 1. The molecule has 7 heteroatoms. The molecule has 1 fully saturated rings. The second-order valence-electron chi connectivity index (χ2n) is 7.12. The van der Waals surface area contributed by atoms with Crippen molar-refractivity contribution in [2.45, 2.75) is 32.6 Å². The summed E-state index contributed by atoms with van der Waals surface area (Å²) in [6.07, 6.45) is 4.47. The number of hydrogen-bond acceptors (Lipinski definition) is 5. The van der Waals surface area contributed by atoms with Crippen LogP contribution in [-0.2, 0) is 9.59 Å². The summed E-state index contributed by atoms with van der Waals surface area (Å²) in [5, 5.41) is 12.8. The highest BCUT2D eigenvalue weighted by molar-refractivity contribution is 8.26. The highest BCUT2D eigenvalue weighted by Gasteiger charge is 2.31. The number of thiocarbonyl (C=S) groups is 1. The molecule has 2 aromatic rings. The molecular weight excluding hydrogens is 416 g/mol. The first-order chi connectivity index (χ1) is 14.4. The van der Waals surface area contributed by atoms with Gasteiger partial charge in [-0.3, -0.25) is 14.5 Å². The Morgan fingerprint density at radius 3 is 2.60 bits per heavy atom. The Bertz CT molecular complexity index is 971. The van der Waals surface area contributed by atoms with Crippen molar-refractivity contribution >= 4 is 51.9 Å². The van der Waals surface area contributed by atoms with Crippen molar-refractivity contribution < 1.29 is 14.7 Å². The number of benzene rings is 2. The first-order valence-electron chi connectivity index (χ1n) is 9.84. The molecule has 0 spiro atoms. The molecule has 1 aliphatic heterocycles. The fourth-order valence-electron chi connectivity index (χ4n) is 3.04. The van der Waals surface area contributed by atoms with E-state index in [-0.39, 0.29) is 17.6 Å². The van der Waals surface area contributed by atoms with E-state index in [1.54, 1.807) is 35.2 Å². The van der Waals surface area contributed by atoms with Gasteiger partial charge in [-0.1, -0.05) is 66.3 Å². The van der Waals surface area contributed by atoms with Crippen LogP contribution in [0.5, 0.6) is 5.75 Å². The second-order valence-corrected chi connectivity index (χ2v) is 8.79. The zero-order chi connectivity index (χ0) is 21.5.